The van der Waals surface area contributed by atoms with E-state index in [2.05, 4.69) is 4.98 Å². The van der Waals surface area contributed by atoms with Gasteiger partial charge in [0, 0.05) is 11.8 Å². The van der Waals surface area contributed by atoms with Crippen LogP contribution in [0, 0.1) is 19.7 Å². The number of fused-ring (bicyclic) bond motifs is 1. The summed E-state index contributed by atoms with van der Waals surface area (Å²) in [5, 5.41) is 0.290. The van der Waals surface area contributed by atoms with Crippen LogP contribution in [-0.2, 0) is 9.53 Å². The quantitative estimate of drug-likeness (QED) is 0.811. The standard InChI is InChI=1S/C16H18FNO3/c1-9(2)21-14(19)8-20-13-7-11(4)18-16-10(3)5-6-12(17)15(13)16/h5-7,9H,8H2,1-4H3. The summed E-state index contributed by atoms with van der Waals surface area (Å²) in [6.07, 6.45) is -0.212. The molecule has 1 aromatic heterocycles. The van der Waals surface area contributed by atoms with Crippen LogP contribution in [0.1, 0.15) is 25.1 Å². The van der Waals surface area contributed by atoms with E-state index in [4.69, 9.17) is 9.47 Å². The fourth-order valence-electron chi connectivity index (χ4n) is 2.07. The summed E-state index contributed by atoms with van der Waals surface area (Å²) in [5.41, 5.74) is 2.09. The Labute approximate surface area is 122 Å². The van der Waals surface area contributed by atoms with Crippen molar-refractivity contribution in [2.75, 3.05) is 6.61 Å². The van der Waals surface area contributed by atoms with Gasteiger partial charge in [0.05, 0.1) is 17.0 Å². The first-order valence-corrected chi connectivity index (χ1v) is 6.77. The summed E-state index contributed by atoms with van der Waals surface area (Å²) in [4.78, 5) is 15.9. The maximum absolute atomic E-state index is 14.1. The molecule has 4 nitrogen and oxygen atoms in total. The number of aryl methyl sites for hydroxylation is 2. The van der Waals surface area contributed by atoms with Gasteiger partial charge in [0.25, 0.3) is 0 Å². The van der Waals surface area contributed by atoms with Crippen LogP contribution < -0.4 is 4.74 Å². The van der Waals surface area contributed by atoms with Gasteiger partial charge in [-0.1, -0.05) is 6.07 Å². The van der Waals surface area contributed by atoms with Crippen LogP contribution in [0.25, 0.3) is 10.9 Å². The van der Waals surface area contributed by atoms with Gasteiger partial charge in [-0.15, -0.1) is 0 Å². The molecule has 0 fully saturated rings. The lowest BCUT2D eigenvalue weighted by atomic mass is 10.1. The Hall–Kier alpha value is -2.17. The number of benzene rings is 1. The van der Waals surface area contributed by atoms with Gasteiger partial charge in [0.15, 0.2) is 6.61 Å². The van der Waals surface area contributed by atoms with Crippen molar-refractivity contribution < 1.29 is 18.7 Å². The Kier molecular flexibility index (Phi) is 4.40. The van der Waals surface area contributed by atoms with Crippen molar-refractivity contribution in [3.63, 3.8) is 0 Å². The van der Waals surface area contributed by atoms with Crippen molar-refractivity contribution in [3.05, 3.63) is 35.3 Å². The van der Waals surface area contributed by atoms with E-state index in [1.165, 1.54) is 6.07 Å². The molecule has 21 heavy (non-hydrogen) atoms. The van der Waals surface area contributed by atoms with Gasteiger partial charge in [-0.25, -0.2) is 9.18 Å². The number of pyridine rings is 1. The zero-order valence-corrected chi connectivity index (χ0v) is 12.6. The maximum atomic E-state index is 14.1. The van der Waals surface area contributed by atoms with Crippen LogP contribution in [0.4, 0.5) is 4.39 Å². The SMILES string of the molecule is Cc1cc(OCC(=O)OC(C)C)c2c(F)ccc(C)c2n1. The van der Waals surface area contributed by atoms with E-state index in [9.17, 15) is 9.18 Å². The van der Waals surface area contributed by atoms with E-state index in [-0.39, 0.29) is 18.1 Å². The third kappa shape index (κ3) is 3.48. The smallest absolute Gasteiger partial charge is 0.344 e. The molecule has 0 aliphatic heterocycles. The molecule has 0 saturated carbocycles. The van der Waals surface area contributed by atoms with Crippen LogP contribution in [0.2, 0.25) is 0 Å². The largest absolute Gasteiger partial charge is 0.481 e. The Morgan fingerprint density at radius 1 is 1.33 bits per heavy atom. The van der Waals surface area contributed by atoms with Gasteiger partial charge in [0.2, 0.25) is 0 Å². The van der Waals surface area contributed by atoms with E-state index in [0.29, 0.717) is 17.0 Å². The van der Waals surface area contributed by atoms with Crippen molar-refractivity contribution >= 4 is 16.9 Å². The molecular weight excluding hydrogens is 273 g/mol. The van der Waals surface area contributed by atoms with Gasteiger partial charge in [0.1, 0.15) is 11.6 Å². The molecule has 5 heteroatoms. The lowest BCUT2D eigenvalue weighted by Gasteiger charge is -2.13. The van der Waals surface area contributed by atoms with Crippen LogP contribution in [-0.4, -0.2) is 23.7 Å². The monoisotopic (exact) mass is 291 g/mol. The minimum absolute atomic E-state index is 0.212. The summed E-state index contributed by atoms with van der Waals surface area (Å²) in [6.45, 7) is 6.90. The van der Waals surface area contributed by atoms with Crippen molar-refractivity contribution in [1.29, 1.82) is 0 Å². The molecule has 0 spiro atoms. The fraction of sp³-hybridized carbons (Fsp3) is 0.375. The molecule has 112 valence electrons. The molecule has 2 aromatic rings. The van der Waals surface area contributed by atoms with Gasteiger partial charge in [-0.05, 0) is 39.3 Å². The van der Waals surface area contributed by atoms with E-state index < -0.39 is 11.8 Å². The van der Waals surface area contributed by atoms with Crippen LogP contribution in [0.15, 0.2) is 18.2 Å². The number of carbonyl (C=O) groups is 1. The van der Waals surface area contributed by atoms with Crippen molar-refractivity contribution in [3.8, 4) is 5.75 Å². The van der Waals surface area contributed by atoms with E-state index in [1.54, 1.807) is 32.9 Å². The zero-order valence-electron chi connectivity index (χ0n) is 12.6. The van der Waals surface area contributed by atoms with Crippen LogP contribution in [0.5, 0.6) is 5.75 Å². The number of hydrogen-bond acceptors (Lipinski definition) is 4. The molecule has 0 radical (unpaired) electrons. The molecule has 0 atom stereocenters. The first-order valence-electron chi connectivity index (χ1n) is 6.77. The fourth-order valence-corrected chi connectivity index (χ4v) is 2.07. The predicted molar refractivity (Wildman–Crippen MR) is 77.9 cm³/mol. The highest BCUT2D eigenvalue weighted by molar-refractivity contribution is 5.88. The first-order chi connectivity index (χ1) is 9.88. The first kappa shape index (κ1) is 15.2. The predicted octanol–water partition coefficient (Wildman–Crippen LogP) is 3.32. The van der Waals surface area contributed by atoms with E-state index in [0.717, 1.165) is 5.56 Å². The van der Waals surface area contributed by atoms with Crippen LogP contribution >= 0.6 is 0 Å². The molecule has 0 N–H and O–H groups in total. The molecule has 0 aliphatic carbocycles. The zero-order chi connectivity index (χ0) is 15.6. The highest BCUT2D eigenvalue weighted by Crippen LogP contribution is 2.30. The Bertz CT molecular complexity index is 683. The van der Waals surface area contributed by atoms with Gasteiger partial charge in [-0.3, -0.25) is 4.98 Å². The molecule has 2 rings (SSSR count). The maximum Gasteiger partial charge on any atom is 0.344 e. The summed E-state index contributed by atoms with van der Waals surface area (Å²) in [6, 6.07) is 4.66. The summed E-state index contributed by atoms with van der Waals surface area (Å²) < 4.78 is 24.5. The second kappa shape index (κ2) is 6.08. The summed E-state index contributed by atoms with van der Waals surface area (Å²) >= 11 is 0. The Morgan fingerprint density at radius 2 is 2.05 bits per heavy atom. The Morgan fingerprint density at radius 3 is 2.71 bits per heavy atom. The molecule has 1 heterocycles. The third-order valence-corrected chi connectivity index (χ3v) is 2.92. The lowest BCUT2D eigenvalue weighted by Crippen LogP contribution is -2.19. The molecular formula is C16H18FNO3. The van der Waals surface area contributed by atoms with Gasteiger partial charge in [-0.2, -0.15) is 0 Å². The minimum Gasteiger partial charge on any atom is -0.481 e. The molecule has 0 bridgehead atoms. The number of aromatic nitrogens is 1. The molecule has 0 unspecified atom stereocenters. The number of halogens is 1. The number of esters is 1. The molecule has 0 aliphatic rings. The molecule has 1 aromatic carbocycles. The second-order valence-corrected chi connectivity index (χ2v) is 5.18. The Balaban J connectivity index is 2.35. The van der Waals surface area contributed by atoms with E-state index >= 15 is 0 Å². The number of carbonyl (C=O) groups excluding carboxylic acids is 1. The number of nitrogens with zero attached hydrogens (tertiary/aromatic N) is 1. The van der Waals surface area contributed by atoms with Gasteiger partial charge >= 0.3 is 5.97 Å². The highest BCUT2D eigenvalue weighted by Gasteiger charge is 2.14. The van der Waals surface area contributed by atoms with E-state index in [1.807, 2.05) is 6.92 Å². The second-order valence-electron chi connectivity index (χ2n) is 5.18. The topological polar surface area (TPSA) is 48.4 Å². The molecule has 0 amide bonds. The van der Waals surface area contributed by atoms with Gasteiger partial charge < -0.3 is 9.47 Å². The van der Waals surface area contributed by atoms with Crippen molar-refractivity contribution in [1.82, 2.24) is 4.98 Å². The third-order valence-electron chi connectivity index (χ3n) is 2.92. The summed E-state index contributed by atoms with van der Waals surface area (Å²) in [5.74, 6) is -0.601. The number of rotatable bonds is 4. The normalized spacial score (nSPS) is 11.0. The lowest BCUT2D eigenvalue weighted by molar-refractivity contribution is -0.149. The van der Waals surface area contributed by atoms with Crippen molar-refractivity contribution in [2.45, 2.75) is 33.8 Å². The molecule has 0 saturated heterocycles. The highest BCUT2D eigenvalue weighted by atomic mass is 19.1. The summed E-state index contributed by atoms with van der Waals surface area (Å²) in [7, 11) is 0. The number of ether oxygens (including phenoxy) is 2. The average molecular weight is 291 g/mol. The minimum atomic E-state index is -0.485. The van der Waals surface area contributed by atoms with Crippen molar-refractivity contribution in [2.24, 2.45) is 0 Å². The number of hydrogen-bond donors (Lipinski definition) is 0. The average Bonchev–Trinajstić information content (AvgIpc) is 2.39. The van der Waals surface area contributed by atoms with Crippen LogP contribution in [0.3, 0.4) is 0 Å².